The highest BCUT2D eigenvalue weighted by molar-refractivity contribution is 6.04. The molecule has 0 saturated heterocycles. The molecule has 0 radical (unpaired) electrons. The van der Waals surface area contributed by atoms with Crippen LogP contribution in [0.1, 0.15) is 40.0 Å². The van der Waals surface area contributed by atoms with Crippen molar-refractivity contribution in [3.8, 4) is 11.9 Å². The number of nitrogens with zero attached hydrogens (tertiary/aromatic N) is 5. The van der Waals surface area contributed by atoms with Gasteiger partial charge in [-0.15, -0.1) is 0 Å². The van der Waals surface area contributed by atoms with Crippen molar-refractivity contribution < 1.29 is 4.79 Å². The molecule has 3 N–H and O–H groups in total. The number of benzene rings is 2. The number of carbonyl (C=O) groups is 1. The van der Waals surface area contributed by atoms with Gasteiger partial charge in [-0.05, 0) is 62.1 Å². The van der Waals surface area contributed by atoms with Gasteiger partial charge < -0.3 is 16.0 Å². The number of aryl methyl sites for hydroxylation is 2. The van der Waals surface area contributed by atoms with Crippen molar-refractivity contribution in [3.05, 3.63) is 83.3 Å². The van der Waals surface area contributed by atoms with E-state index >= 15 is 0 Å². The maximum absolute atomic E-state index is 13.0. The highest BCUT2D eigenvalue weighted by Gasteiger charge is 2.45. The van der Waals surface area contributed by atoms with Crippen molar-refractivity contribution in [2.75, 3.05) is 23.0 Å². The third-order valence-corrected chi connectivity index (χ3v) is 6.36. The van der Waals surface area contributed by atoms with Gasteiger partial charge in [0.2, 0.25) is 0 Å². The number of hydrogen-bond acceptors (Lipinski definition) is 7. The highest BCUT2D eigenvalue weighted by atomic mass is 16.1. The van der Waals surface area contributed by atoms with Crippen LogP contribution in [0.15, 0.2) is 60.9 Å². The lowest BCUT2D eigenvalue weighted by Crippen LogP contribution is -2.14. The van der Waals surface area contributed by atoms with Gasteiger partial charge in [-0.1, -0.05) is 18.2 Å². The van der Waals surface area contributed by atoms with E-state index in [4.69, 9.17) is 0 Å². The fourth-order valence-electron chi connectivity index (χ4n) is 4.09. The molecule has 1 fully saturated rings. The fraction of sp³-hybridized carbons (Fsp3) is 0.222. The van der Waals surface area contributed by atoms with Crippen LogP contribution in [0.2, 0.25) is 0 Å². The minimum atomic E-state index is -0.435. The first-order valence-corrected chi connectivity index (χ1v) is 11.7. The number of rotatable bonds is 7. The topological polar surface area (TPSA) is 121 Å². The zero-order valence-corrected chi connectivity index (χ0v) is 20.3. The fourth-order valence-corrected chi connectivity index (χ4v) is 4.09. The van der Waals surface area contributed by atoms with E-state index in [9.17, 15) is 10.1 Å². The van der Waals surface area contributed by atoms with Crippen LogP contribution >= 0.6 is 0 Å². The molecule has 2 heterocycles. The van der Waals surface area contributed by atoms with Gasteiger partial charge in [0.15, 0.2) is 5.82 Å². The van der Waals surface area contributed by atoms with Crippen molar-refractivity contribution in [1.29, 1.82) is 5.26 Å². The Labute approximate surface area is 209 Å². The second-order valence-corrected chi connectivity index (χ2v) is 8.98. The van der Waals surface area contributed by atoms with Gasteiger partial charge in [-0.3, -0.25) is 4.79 Å². The molecule has 180 valence electrons. The molecule has 2 aromatic carbocycles. The summed E-state index contributed by atoms with van der Waals surface area (Å²) in [5.41, 5.74) is 4.31. The predicted octanol–water partition coefficient (Wildman–Crippen LogP) is 4.87. The number of anilines is 4. The van der Waals surface area contributed by atoms with E-state index in [0.717, 1.165) is 41.2 Å². The summed E-state index contributed by atoms with van der Waals surface area (Å²) in [5, 5.41) is 23.5. The lowest BCUT2D eigenvalue weighted by atomic mass is 9.96. The van der Waals surface area contributed by atoms with Crippen LogP contribution in [0.3, 0.4) is 0 Å². The first kappa shape index (κ1) is 23.1. The van der Waals surface area contributed by atoms with E-state index in [0.29, 0.717) is 22.9 Å². The zero-order valence-electron chi connectivity index (χ0n) is 20.3. The molecule has 4 aromatic rings. The van der Waals surface area contributed by atoms with E-state index < -0.39 is 5.41 Å². The molecular weight excluding hydrogens is 452 g/mol. The van der Waals surface area contributed by atoms with E-state index in [-0.39, 0.29) is 5.91 Å². The van der Waals surface area contributed by atoms with Gasteiger partial charge in [0.25, 0.3) is 5.91 Å². The first-order valence-electron chi connectivity index (χ1n) is 11.7. The second-order valence-electron chi connectivity index (χ2n) is 8.98. The number of amides is 1. The van der Waals surface area contributed by atoms with Gasteiger partial charge in [-0.25, -0.2) is 9.97 Å². The van der Waals surface area contributed by atoms with Crippen molar-refractivity contribution >= 4 is 28.9 Å². The molecule has 1 aliphatic carbocycles. The number of carbonyl (C=O) groups excluding carboxylic acids is 1. The van der Waals surface area contributed by atoms with Crippen LogP contribution in [0, 0.1) is 25.2 Å². The molecule has 0 aliphatic heterocycles. The highest BCUT2D eigenvalue weighted by Crippen LogP contribution is 2.47. The molecule has 0 spiro atoms. The van der Waals surface area contributed by atoms with Crippen molar-refractivity contribution in [2.45, 2.75) is 32.1 Å². The molecule has 0 atom stereocenters. The molecule has 9 heteroatoms. The second kappa shape index (κ2) is 9.15. The molecule has 5 rings (SSSR count). The Morgan fingerprint density at radius 1 is 1.08 bits per heavy atom. The third-order valence-electron chi connectivity index (χ3n) is 6.36. The average Bonchev–Trinajstić information content (AvgIpc) is 3.62. The van der Waals surface area contributed by atoms with E-state index in [1.807, 2.05) is 62.4 Å². The number of nitriles is 1. The van der Waals surface area contributed by atoms with Gasteiger partial charge in [0.05, 0.1) is 17.2 Å². The molecule has 1 saturated carbocycles. The van der Waals surface area contributed by atoms with E-state index in [1.165, 1.54) is 6.33 Å². The van der Waals surface area contributed by atoms with Crippen molar-refractivity contribution in [2.24, 2.45) is 0 Å². The largest absolute Gasteiger partial charge is 0.373 e. The molecule has 36 heavy (non-hydrogen) atoms. The van der Waals surface area contributed by atoms with Gasteiger partial charge in [-0.2, -0.15) is 15.0 Å². The van der Waals surface area contributed by atoms with Crippen molar-refractivity contribution in [1.82, 2.24) is 19.7 Å². The minimum absolute atomic E-state index is 0.221. The summed E-state index contributed by atoms with van der Waals surface area (Å²) >= 11 is 0. The Morgan fingerprint density at radius 3 is 2.67 bits per heavy atom. The number of hydrogen-bond donors (Lipinski definition) is 3. The maximum atomic E-state index is 13.0. The van der Waals surface area contributed by atoms with Crippen LogP contribution < -0.4 is 16.0 Å². The quantitative estimate of drug-likeness (QED) is 0.346. The molecular formula is C27H26N8O. The van der Waals surface area contributed by atoms with Crippen LogP contribution in [0.5, 0.6) is 0 Å². The molecule has 1 amide bonds. The number of aromatic nitrogens is 4. The van der Waals surface area contributed by atoms with Gasteiger partial charge in [0, 0.05) is 36.1 Å². The Kier molecular flexibility index (Phi) is 5.86. The van der Waals surface area contributed by atoms with E-state index in [1.54, 1.807) is 17.8 Å². The zero-order chi connectivity index (χ0) is 25.3. The Bertz CT molecular complexity index is 1500. The average molecular weight is 479 g/mol. The summed E-state index contributed by atoms with van der Waals surface area (Å²) in [4.78, 5) is 21.5. The molecule has 1 aliphatic rings. The van der Waals surface area contributed by atoms with Crippen molar-refractivity contribution in [3.63, 3.8) is 0 Å². The predicted molar refractivity (Wildman–Crippen MR) is 139 cm³/mol. The summed E-state index contributed by atoms with van der Waals surface area (Å²) in [6.07, 6.45) is 3.16. The summed E-state index contributed by atoms with van der Waals surface area (Å²) in [5.74, 6) is 1.82. The summed E-state index contributed by atoms with van der Waals surface area (Å²) < 4.78 is 1.72. The van der Waals surface area contributed by atoms with Crippen LogP contribution in [-0.2, 0) is 5.41 Å². The van der Waals surface area contributed by atoms with Crippen LogP contribution in [-0.4, -0.2) is 32.7 Å². The smallest absolute Gasteiger partial charge is 0.255 e. The molecule has 9 nitrogen and oxygen atoms in total. The lowest BCUT2D eigenvalue weighted by molar-refractivity contribution is 0.102. The SMILES string of the molecule is CNc1cc(-n2nc(C)cc2Nc2cc(NC(=O)c3cccc(C4(C#N)CC4)c3)ccc2C)ncn1. The first-order chi connectivity index (χ1) is 17.4. The third kappa shape index (κ3) is 4.49. The normalized spacial score (nSPS) is 13.5. The van der Waals surface area contributed by atoms with Crippen LogP contribution in [0.25, 0.3) is 5.82 Å². The summed E-state index contributed by atoms with van der Waals surface area (Å²) in [6.45, 7) is 3.91. The molecule has 0 unspecified atom stereocenters. The Hall–Kier alpha value is -4.71. The minimum Gasteiger partial charge on any atom is -0.373 e. The summed E-state index contributed by atoms with van der Waals surface area (Å²) in [6, 6.07) is 19.2. The molecule has 0 bridgehead atoms. The Balaban J connectivity index is 1.39. The van der Waals surface area contributed by atoms with Gasteiger partial charge in [0.1, 0.15) is 18.0 Å². The van der Waals surface area contributed by atoms with Crippen LogP contribution in [0.4, 0.5) is 23.0 Å². The number of nitrogens with one attached hydrogen (secondary N) is 3. The van der Waals surface area contributed by atoms with E-state index in [2.05, 4.69) is 37.1 Å². The maximum Gasteiger partial charge on any atom is 0.255 e. The monoisotopic (exact) mass is 478 g/mol. The van der Waals surface area contributed by atoms with Gasteiger partial charge >= 0.3 is 0 Å². The summed E-state index contributed by atoms with van der Waals surface area (Å²) in [7, 11) is 1.80. The Morgan fingerprint density at radius 2 is 1.92 bits per heavy atom. The lowest BCUT2D eigenvalue weighted by Gasteiger charge is -2.14. The standard InChI is InChI=1S/C27H26N8O/c1-17-7-8-21(32-26(36)19-5-4-6-20(12-19)27(15-28)9-10-27)13-22(17)33-25-11-18(2)34-35(25)24-14-23(29-3)30-16-31-24/h4-8,11-14,16,33H,9-10H2,1-3H3,(H,32,36)(H,29,30,31). The molecule has 2 aromatic heterocycles.